The molecule has 0 saturated carbocycles. The second kappa shape index (κ2) is 6.30. The molecule has 0 bridgehead atoms. The second-order valence-electron chi connectivity index (χ2n) is 4.57. The summed E-state index contributed by atoms with van der Waals surface area (Å²) >= 11 is 0. The van der Waals surface area contributed by atoms with Gasteiger partial charge in [-0.15, -0.1) is 0 Å². The van der Waals surface area contributed by atoms with E-state index in [0.717, 1.165) is 0 Å². The highest BCUT2D eigenvalue weighted by Crippen LogP contribution is 2.13. The minimum Gasteiger partial charge on any atom is -0.387 e. The normalized spacial score (nSPS) is 11.9. The van der Waals surface area contributed by atoms with E-state index in [9.17, 15) is 14.3 Å². The first-order valence-electron chi connectivity index (χ1n) is 6.36. The first kappa shape index (κ1) is 14.2. The average molecular weight is 273 g/mol. The monoisotopic (exact) mass is 273 g/mol. The van der Waals surface area contributed by atoms with Gasteiger partial charge in [-0.3, -0.25) is 4.79 Å². The van der Waals surface area contributed by atoms with Gasteiger partial charge in [-0.25, -0.2) is 4.39 Å². The summed E-state index contributed by atoms with van der Waals surface area (Å²) in [7, 11) is 0. The Balaban J connectivity index is 2.01. The van der Waals surface area contributed by atoms with Crippen LogP contribution in [0, 0.1) is 12.7 Å². The number of carbonyl (C=O) groups excluding carboxylic acids is 1. The van der Waals surface area contributed by atoms with Crippen molar-refractivity contribution < 1.29 is 14.3 Å². The van der Waals surface area contributed by atoms with Crippen molar-refractivity contribution in [2.45, 2.75) is 13.0 Å². The van der Waals surface area contributed by atoms with Gasteiger partial charge in [0.15, 0.2) is 0 Å². The Labute approximate surface area is 117 Å². The molecule has 0 heterocycles. The number of benzene rings is 2. The van der Waals surface area contributed by atoms with E-state index < -0.39 is 17.8 Å². The molecule has 2 rings (SSSR count). The summed E-state index contributed by atoms with van der Waals surface area (Å²) in [5.74, 6) is -1.06. The fourth-order valence-electron chi connectivity index (χ4n) is 1.90. The molecule has 0 aliphatic rings. The third-order valence-electron chi connectivity index (χ3n) is 3.08. The van der Waals surface area contributed by atoms with Gasteiger partial charge in [-0.2, -0.15) is 0 Å². The minimum absolute atomic E-state index is 0.00902. The zero-order valence-corrected chi connectivity index (χ0v) is 11.1. The van der Waals surface area contributed by atoms with Crippen molar-refractivity contribution in [2.24, 2.45) is 0 Å². The molecule has 0 spiro atoms. The van der Waals surface area contributed by atoms with Crippen LogP contribution in [0.3, 0.4) is 0 Å². The molecule has 0 radical (unpaired) electrons. The number of aliphatic hydroxyl groups is 1. The largest absolute Gasteiger partial charge is 0.387 e. The Morgan fingerprint density at radius 1 is 1.20 bits per heavy atom. The topological polar surface area (TPSA) is 49.3 Å². The molecule has 0 aliphatic heterocycles. The Hall–Kier alpha value is -2.20. The zero-order valence-electron chi connectivity index (χ0n) is 11.1. The van der Waals surface area contributed by atoms with Gasteiger partial charge in [0, 0.05) is 6.54 Å². The number of halogens is 1. The molecule has 2 aromatic carbocycles. The molecule has 0 fully saturated rings. The van der Waals surface area contributed by atoms with Crippen LogP contribution in [-0.4, -0.2) is 17.6 Å². The summed E-state index contributed by atoms with van der Waals surface area (Å²) in [4.78, 5) is 11.9. The van der Waals surface area contributed by atoms with Gasteiger partial charge in [0.1, 0.15) is 5.82 Å². The van der Waals surface area contributed by atoms with Crippen LogP contribution in [0.5, 0.6) is 0 Å². The van der Waals surface area contributed by atoms with Gasteiger partial charge in [-0.05, 0) is 24.1 Å². The maximum atomic E-state index is 13.8. The molecule has 2 aromatic rings. The van der Waals surface area contributed by atoms with Gasteiger partial charge in [0.05, 0.1) is 11.7 Å². The van der Waals surface area contributed by atoms with E-state index in [-0.39, 0.29) is 12.1 Å². The molecule has 1 unspecified atom stereocenters. The Morgan fingerprint density at radius 2 is 1.90 bits per heavy atom. The van der Waals surface area contributed by atoms with E-state index >= 15 is 0 Å². The number of nitrogens with one attached hydrogen (secondary N) is 1. The molecule has 0 aliphatic carbocycles. The molecule has 0 aromatic heterocycles. The van der Waals surface area contributed by atoms with Crippen molar-refractivity contribution in [1.82, 2.24) is 5.32 Å². The zero-order chi connectivity index (χ0) is 14.5. The van der Waals surface area contributed by atoms with Gasteiger partial charge >= 0.3 is 0 Å². The molecule has 4 heteroatoms. The van der Waals surface area contributed by atoms with Crippen LogP contribution in [0.15, 0.2) is 48.5 Å². The first-order chi connectivity index (χ1) is 9.59. The van der Waals surface area contributed by atoms with Crippen LogP contribution in [0.4, 0.5) is 4.39 Å². The summed E-state index contributed by atoms with van der Waals surface area (Å²) < 4.78 is 13.8. The number of carbonyl (C=O) groups is 1. The molecule has 2 N–H and O–H groups in total. The minimum atomic E-state index is -0.812. The molecule has 1 amide bonds. The fourth-order valence-corrected chi connectivity index (χ4v) is 1.90. The maximum absolute atomic E-state index is 13.8. The highest BCUT2D eigenvalue weighted by Gasteiger charge is 2.14. The SMILES string of the molecule is Cc1cccc(C(=O)NCC(O)c2ccccc2)c1F. The predicted molar refractivity (Wildman–Crippen MR) is 74.9 cm³/mol. The number of aryl methyl sites for hydroxylation is 1. The van der Waals surface area contributed by atoms with Gasteiger partial charge in [-0.1, -0.05) is 42.5 Å². The molecule has 20 heavy (non-hydrogen) atoms. The Bertz CT molecular complexity index is 599. The first-order valence-corrected chi connectivity index (χ1v) is 6.36. The molecule has 0 saturated heterocycles. The maximum Gasteiger partial charge on any atom is 0.254 e. The summed E-state index contributed by atoms with van der Waals surface area (Å²) in [5.41, 5.74) is 1.11. The predicted octanol–water partition coefficient (Wildman–Crippen LogP) is 2.60. The second-order valence-corrected chi connectivity index (χ2v) is 4.57. The number of aliphatic hydroxyl groups excluding tert-OH is 1. The quantitative estimate of drug-likeness (QED) is 0.899. The highest BCUT2D eigenvalue weighted by atomic mass is 19.1. The molecule has 3 nitrogen and oxygen atoms in total. The standard InChI is InChI=1S/C16H16FNO2/c1-11-6-5-9-13(15(11)17)16(20)18-10-14(19)12-7-3-2-4-8-12/h2-9,14,19H,10H2,1H3,(H,18,20). The smallest absolute Gasteiger partial charge is 0.254 e. The number of rotatable bonds is 4. The lowest BCUT2D eigenvalue weighted by Gasteiger charge is -2.12. The third-order valence-corrected chi connectivity index (χ3v) is 3.08. The molecular weight excluding hydrogens is 257 g/mol. The van der Waals surface area contributed by atoms with Crippen LogP contribution in [0.25, 0.3) is 0 Å². The van der Waals surface area contributed by atoms with Crippen molar-refractivity contribution in [2.75, 3.05) is 6.54 Å². The molecule has 104 valence electrons. The summed E-state index contributed by atoms with van der Waals surface area (Å²) in [6.07, 6.45) is -0.812. The van der Waals surface area contributed by atoms with Gasteiger partial charge in [0.2, 0.25) is 0 Å². The Kier molecular flexibility index (Phi) is 4.48. The Morgan fingerprint density at radius 3 is 2.60 bits per heavy atom. The van der Waals surface area contributed by atoms with Crippen molar-refractivity contribution in [3.63, 3.8) is 0 Å². The lowest BCUT2D eigenvalue weighted by molar-refractivity contribution is 0.0912. The number of hydrogen-bond acceptors (Lipinski definition) is 2. The third kappa shape index (κ3) is 3.22. The summed E-state index contributed by atoms with van der Waals surface area (Å²) in [6.45, 7) is 1.64. The highest BCUT2D eigenvalue weighted by molar-refractivity contribution is 5.94. The molecule has 1 atom stereocenters. The lowest BCUT2D eigenvalue weighted by atomic mass is 10.1. The van der Waals surface area contributed by atoms with E-state index in [0.29, 0.717) is 11.1 Å². The van der Waals surface area contributed by atoms with E-state index in [1.807, 2.05) is 6.07 Å². The lowest BCUT2D eigenvalue weighted by Crippen LogP contribution is -2.29. The van der Waals surface area contributed by atoms with E-state index in [1.54, 1.807) is 43.3 Å². The number of amides is 1. The van der Waals surface area contributed by atoms with Crippen molar-refractivity contribution >= 4 is 5.91 Å². The average Bonchev–Trinajstić information content (AvgIpc) is 2.48. The van der Waals surface area contributed by atoms with Crippen LogP contribution in [0.1, 0.15) is 27.6 Å². The van der Waals surface area contributed by atoms with E-state index in [2.05, 4.69) is 5.32 Å². The summed E-state index contributed by atoms with van der Waals surface area (Å²) in [5, 5.41) is 12.5. The summed E-state index contributed by atoms with van der Waals surface area (Å²) in [6, 6.07) is 13.6. The number of hydrogen-bond donors (Lipinski definition) is 2. The van der Waals surface area contributed by atoms with Crippen molar-refractivity contribution in [3.05, 3.63) is 71.0 Å². The van der Waals surface area contributed by atoms with E-state index in [1.165, 1.54) is 6.07 Å². The van der Waals surface area contributed by atoms with E-state index in [4.69, 9.17) is 0 Å². The fraction of sp³-hybridized carbons (Fsp3) is 0.188. The van der Waals surface area contributed by atoms with Crippen LogP contribution in [-0.2, 0) is 0 Å². The van der Waals surface area contributed by atoms with Crippen LogP contribution >= 0.6 is 0 Å². The van der Waals surface area contributed by atoms with Crippen LogP contribution in [0.2, 0.25) is 0 Å². The van der Waals surface area contributed by atoms with Crippen LogP contribution < -0.4 is 5.32 Å². The van der Waals surface area contributed by atoms with Gasteiger partial charge < -0.3 is 10.4 Å². The van der Waals surface area contributed by atoms with Gasteiger partial charge in [0.25, 0.3) is 5.91 Å². The van der Waals surface area contributed by atoms with Crippen molar-refractivity contribution in [1.29, 1.82) is 0 Å². The van der Waals surface area contributed by atoms with Crippen molar-refractivity contribution in [3.8, 4) is 0 Å². The molecular formula is C16H16FNO2.